The third-order valence-electron chi connectivity index (χ3n) is 5.61. The van der Waals surface area contributed by atoms with Gasteiger partial charge < -0.3 is 23.9 Å². The summed E-state index contributed by atoms with van der Waals surface area (Å²) in [6.45, 7) is 1.28. The molecule has 0 saturated heterocycles. The number of benzene rings is 2. The zero-order chi connectivity index (χ0) is 20.5. The summed E-state index contributed by atoms with van der Waals surface area (Å²) < 4.78 is 16.1. The van der Waals surface area contributed by atoms with E-state index in [-0.39, 0.29) is 24.7 Å². The van der Waals surface area contributed by atoms with Crippen molar-refractivity contribution in [3.63, 3.8) is 0 Å². The first-order chi connectivity index (χ1) is 14.7. The highest BCUT2D eigenvalue weighted by Crippen LogP contribution is 2.34. The van der Waals surface area contributed by atoms with Crippen LogP contribution in [0.15, 0.2) is 47.6 Å². The highest BCUT2D eigenvalue weighted by Gasteiger charge is 2.36. The molecule has 2 aromatic carbocycles. The molecule has 2 aromatic rings. The molecule has 0 bridgehead atoms. The molecule has 1 unspecified atom stereocenters. The van der Waals surface area contributed by atoms with Gasteiger partial charge in [0.15, 0.2) is 17.6 Å². The summed E-state index contributed by atoms with van der Waals surface area (Å²) in [7, 11) is 1.65. The van der Waals surface area contributed by atoms with E-state index in [0.717, 1.165) is 46.9 Å². The lowest BCUT2D eigenvalue weighted by atomic mass is 10.0. The number of hydrogen-bond acceptors (Lipinski definition) is 6. The number of fused-ring (bicyclic) bond motifs is 1. The second kappa shape index (κ2) is 7.89. The van der Waals surface area contributed by atoms with E-state index >= 15 is 0 Å². The molecule has 0 radical (unpaired) electrons. The predicted molar refractivity (Wildman–Crippen MR) is 110 cm³/mol. The zero-order valence-corrected chi connectivity index (χ0v) is 16.9. The molecule has 0 N–H and O–H groups in total. The van der Waals surface area contributed by atoms with Crippen molar-refractivity contribution in [2.45, 2.75) is 31.9 Å². The first kappa shape index (κ1) is 18.8. The molecule has 7 heteroatoms. The Bertz CT molecular complexity index is 985. The Balaban J connectivity index is 1.26. The number of nitrogens with zero attached hydrogens (tertiary/aromatic N) is 2. The molecule has 0 aromatic heterocycles. The van der Waals surface area contributed by atoms with Gasteiger partial charge in [0.25, 0.3) is 0 Å². The topological polar surface area (TPSA) is 69.6 Å². The van der Waals surface area contributed by atoms with Gasteiger partial charge in [-0.3, -0.25) is 4.79 Å². The Kier molecular flexibility index (Phi) is 4.94. The molecule has 1 atom stereocenters. The van der Waals surface area contributed by atoms with Crippen LogP contribution in [0.2, 0.25) is 0 Å². The van der Waals surface area contributed by atoms with Gasteiger partial charge in [-0.15, -0.1) is 0 Å². The minimum Gasteiger partial charge on any atom is -0.497 e. The van der Waals surface area contributed by atoms with Gasteiger partial charge >= 0.3 is 0 Å². The predicted octanol–water partition coefficient (Wildman–Crippen LogP) is 3.36. The van der Waals surface area contributed by atoms with Crippen LogP contribution in [0.3, 0.4) is 0 Å². The molecule has 2 aliphatic heterocycles. The third kappa shape index (κ3) is 3.92. The third-order valence-corrected chi connectivity index (χ3v) is 5.61. The highest BCUT2D eigenvalue weighted by molar-refractivity contribution is 6.01. The second-order valence-corrected chi connectivity index (χ2v) is 7.88. The van der Waals surface area contributed by atoms with Crippen molar-refractivity contribution in [3.05, 3.63) is 53.6 Å². The van der Waals surface area contributed by atoms with Crippen molar-refractivity contribution in [3.8, 4) is 17.2 Å². The quantitative estimate of drug-likeness (QED) is 0.703. The molecule has 0 spiro atoms. The maximum Gasteiger partial charge on any atom is 0.231 e. The SMILES string of the molecule is COc1cccc(CN(CC2CC(c3ccc4c(c3)OCO4)=NO2)C(=O)C2CC2)c1. The van der Waals surface area contributed by atoms with Crippen molar-refractivity contribution in [2.24, 2.45) is 11.1 Å². The van der Waals surface area contributed by atoms with Gasteiger partial charge in [-0.05, 0) is 48.7 Å². The number of oxime groups is 1. The fourth-order valence-electron chi connectivity index (χ4n) is 3.83. The van der Waals surface area contributed by atoms with Crippen LogP contribution in [0.25, 0.3) is 0 Å². The van der Waals surface area contributed by atoms with Gasteiger partial charge in [0.05, 0.1) is 19.4 Å². The van der Waals surface area contributed by atoms with E-state index in [4.69, 9.17) is 19.0 Å². The molecule has 1 fully saturated rings. The lowest BCUT2D eigenvalue weighted by Crippen LogP contribution is -2.38. The average Bonchev–Trinajstić information content (AvgIpc) is 3.33. The van der Waals surface area contributed by atoms with Crippen molar-refractivity contribution >= 4 is 11.6 Å². The maximum absolute atomic E-state index is 12.9. The lowest BCUT2D eigenvalue weighted by molar-refractivity contribution is -0.135. The van der Waals surface area contributed by atoms with E-state index in [1.165, 1.54) is 0 Å². The number of amides is 1. The highest BCUT2D eigenvalue weighted by atomic mass is 16.7. The average molecular weight is 408 g/mol. The monoisotopic (exact) mass is 408 g/mol. The lowest BCUT2D eigenvalue weighted by Gasteiger charge is -2.25. The van der Waals surface area contributed by atoms with Crippen molar-refractivity contribution in [2.75, 3.05) is 20.4 Å². The molecule has 1 aliphatic carbocycles. The van der Waals surface area contributed by atoms with Gasteiger partial charge in [0.2, 0.25) is 12.7 Å². The largest absolute Gasteiger partial charge is 0.497 e. The van der Waals surface area contributed by atoms with Gasteiger partial charge in [-0.25, -0.2) is 0 Å². The van der Waals surface area contributed by atoms with E-state index in [2.05, 4.69) is 5.16 Å². The Hall–Kier alpha value is -3.22. The maximum atomic E-state index is 12.9. The molecular weight excluding hydrogens is 384 g/mol. The normalized spacial score (nSPS) is 19.2. The summed E-state index contributed by atoms with van der Waals surface area (Å²) in [5.41, 5.74) is 2.85. The first-order valence-electron chi connectivity index (χ1n) is 10.2. The van der Waals surface area contributed by atoms with Crippen molar-refractivity contribution in [1.29, 1.82) is 0 Å². The molecule has 5 rings (SSSR count). The van der Waals surface area contributed by atoms with Crippen molar-refractivity contribution < 1.29 is 23.8 Å². The van der Waals surface area contributed by atoms with E-state index in [1.54, 1.807) is 7.11 Å². The molecule has 1 amide bonds. The summed E-state index contributed by atoms with van der Waals surface area (Å²) >= 11 is 0. The zero-order valence-electron chi connectivity index (χ0n) is 16.9. The fourth-order valence-corrected chi connectivity index (χ4v) is 3.83. The molecular formula is C23H24N2O5. The minimum absolute atomic E-state index is 0.145. The van der Waals surface area contributed by atoms with Crippen LogP contribution in [0.4, 0.5) is 0 Å². The van der Waals surface area contributed by atoms with Crippen LogP contribution in [-0.4, -0.2) is 43.1 Å². The Morgan fingerprint density at radius 3 is 2.87 bits per heavy atom. The van der Waals surface area contributed by atoms with Crippen LogP contribution >= 0.6 is 0 Å². The fraction of sp³-hybridized carbons (Fsp3) is 0.391. The summed E-state index contributed by atoms with van der Waals surface area (Å²) in [4.78, 5) is 20.5. The van der Waals surface area contributed by atoms with Gasteiger partial charge in [0.1, 0.15) is 5.75 Å². The van der Waals surface area contributed by atoms with Gasteiger partial charge in [-0.2, -0.15) is 0 Å². The Morgan fingerprint density at radius 2 is 2.03 bits per heavy atom. The number of methoxy groups -OCH3 is 1. The molecule has 2 heterocycles. The summed E-state index contributed by atoms with van der Waals surface area (Å²) in [6.07, 6.45) is 2.42. The van der Waals surface area contributed by atoms with E-state index in [0.29, 0.717) is 19.5 Å². The number of rotatable bonds is 7. The van der Waals surface area contributed by atoms with Crippen LogP contribution in [0.1, 0.15) is 30.4 Å². The minimum atomic E-state index is -0.168. The van der Waals surface area contributed by atoms with Crippen LogP contribution < -0.4 is 14.2 Å². The van der Waals surface area contributed by atoms with E-state index in [1.807, 2.05) is 47.4 Å². The van der Waals surface area contributed by atoms with Crippen LogP contribution in [0, 0.1) is 5.92 Å². The molecule has 30 heavy (non-hydrogen) atoms. The molecule has 1 saturated carbocycles. The Morgan fingerprint density at radius 1 is 1.17 bits per heavy atom. The molecule has 156 valence electrons. The van der Waals surface area contributed by atoms with E-state index < -0.39 is 0 Å². The van der Waals surface area contributed by atoms with Crippen LogP contribution in [0.5, 0.6) is 17.2 Å². The smallest absolute Gasteiger partial charge is 0.231 e. The number of ether oxygens (including phenoxy) is 3. The summed E-state index contributed by atoms with van der Waals surface area (Å²) in [5.74, 6) is 2.59. The number of carbonyl (C=O) groups excluding carboxylic acids is 1. The number of hydrogen-bond donors (Lipinski definition) is 0. The number of carbonyl (C=O) groups is 1. The van der Waals surface area contributed by atoms with Crippen LogP contribution in [-0.2, 0) is 16.2 Å². The van der Waals surface area contributed by atoms with E-state index in [9.17, 15) is 4.79 Å². The summed E-state index contributed by atoms with van der Waals surface area (Å²) in [5, 5.41) is 4.28. The second-order valence-electron chi connectivity index (χ2n) is 7.88. The Labute approximate surface area is 175 Å². The van der Waals surface area contributed by atoms with Gasteiger partial charge in [-0.1, -0.05) is 17.3 Å². The van der Waals surface area contributed by atoms with Crippen molar-refractivity contribution in [1.82, 2.24) is 4.90 Å². The first-order valence-corrected chi connectivity index (χ1v) is 10.2. The molecule has 3 aliphatic rings. The van der Waals surface area contributed by atoms with Gasteiger partial charge in [0, 0.05) is 24.4 Å². The molecule has 7 nitrogen and oxygen atoms in total. The summed E-state index contributed by atoms with van der Waals surface area (Å²) in [6, 6.07) is 13.6. The standard InChI is InChI=1S/C23H24N2O5/c1-27-18-4-2-3-15(9-18)12-25(23(26)16-5-6-16)13-19-11-20(24-30-19)17-7-8-21-22(10-17)29-14-28-21/h2-4,7-10,16,19H,5-6,11-14H2,1H3.